The Balaban J connectivity index is 1.48. The van der Waals surface area contributed by atoms with E-state index in [2.05, 4.69) is 5.32 Å². The summed E-state index contributed by atoms with van der Waals surface area (Å²) >= 11 is 0. The molecule has 2 heterocycles. The summed E-state index contributed by atoms with van der Waals surface area (Å²) in [6, 6.07) is 13.3. The van der Waals surface area contributed by atoms with Gasteiger partial charge in [-0.15, -0.1) is 0 Å². The first kappa shape index (κ1) is 24.9. The van der Waals surface area contributed by atoms with E-state index >= 15 is 0 Å². The lowest BCUT2D eigenvalue weighted by molar-refractivity contribution is -0.137. The number of urea groups is 1. The lowest BCUT2D eigenvalue weighted by Crippen LogP contribution is -2.49. The first-order chi connectivity index (χ1) is 16.6. The zero-order chi connectivity index (χ0) is 25.2. The molecule has 2 saturated heterocycles. The number of fused-ring (bicyclic) bond motifs is 1. The van der Waals surface area contributed by atoms with Gasteiger partial charge in [0.25, 0.3) is 0 Å². The SMILES string of the molecule is COC[C@@]12CCN(c3ccc(C#N)c(C(F)(F)F)c3)C[C@@H]1CN(C(=O)NCc1ccc(C)cc1)C2. The normalized spacial score (nSPS) is 22.0. The smallest absolute Gasteiger partial charge is 0.384 e. The minimum absolute atomic E-state index is 0.0475. The third-order valence-corrected chi connectivity index (χ3v) is 7.21. The van der Waals surface area contributed by atoms with Crippen LogP contribution in [0.4, 0.5) is 23.7 Å². The van der Waals surface area contributed by atoms with Crippen LogP contribution in [0.15, 0.2) is 42.5 Å². The van der Waals surface area contributed by atoms with Crippen molar-refractivity contribution in [1.29, 1.82) is 5.26 Å². The minimum atomic E-state index is -4.60. The van der Waals surface area contributed by atoms with Gasteiger partial charge in [0, 0.05) is 56.9 Å². The standard InChI is InChI=1S/C26H29F3N4O2/c1-18-3-5-19(6-4-18)13-31-24(34)33-15-21-14-32(10-9-25(21,16-33)17-35-2)22-8-7-20(12-30)23(11-22)26(27,28)29/h3-8,11,21H,9-10,13-17H2,1-2H3,(H,31,34)/t21-,25+/m1/s1. The third-order valence-electron chi connectivity index (χ3n) is 7.21. The number of piperidine rings is 1. The predicted molar refractivity (Wildman–Crippen MR) is 126 cm³/mol. The monoisotopic (exact) mass is 486 g/mol. The largest absolute Gasteiger partial charge is 0.417 e. The second-order valence-electron chi connectivity index (χ2n) is 9.55. The molecule has 2 atom stereocenters. The Morgan fingerprint density at radius 3 is 2.63 bits per heavy atom. The highest BCUT2D eigenvalue weighted by Gasteiger charge is 2.51. The summed E-state index contributed by atoms with van der Waals surface area (Å²) in [5.74, 6) is 0.0475. The molecule has 0 bridgehead atoms. The van der Waals surface area contributed by atoms with Crippen molar-refractivity contribution in [1.82, 2.24) is 10.2 Å². The van der Waals surface area contributed by atoms with E-state index in [0.717, 1.165) is 17.2 Å². The Labute approximate surface area is 203 Å². The maximum atomic E-state index is 13.5. The molecule has 0 aliphatic carbocycles. The van der Waals surface area contributed by atoms with Gasteiger partial charge in [-0.3, -0.25) is 0 Å². The molecular formula is C26H29F3N4O2. The van der Waals surface area contributed by atoms with E-state index in [9.17, 15) is 18.0 Å². The highest BCUT2D eigenvalue weighted by Crippen LogP contribution is 2.44. The maximum absolute atomic E-state index is 13.5. The number of anilines is 1. The highest BCUT2D eigenvalue weighted by molar-refractivity contribution is 5.74. The number of alkyl halides is 3. The molecule has 6 nitrogen and oxygen atoms in total. The molecule has 2 fully saturated rings. The number of ether oxygens (including phenoxy) is 1. The summed E-state index contributed by atoms with van der Waals surface area (Å²) in [6.07, 6.45) is -3.91. The molecular weight excluding hydrogens is 457 g/mol. The van der Waals surface area contributed by atoms with Crippen molar-refractivity contribution in [3.8, 4) is 6.07 Å². The number of likely N-dealkylation sites (tertiary alicyclic amines) is 1. The number of hydrogen-bond acceptors (Lipinski definition) is 4. The van der Waals surface area contributed by atoms with Gasteiger partial charge < -0.3 is 19.9 Å². The number of aryl methyl sites for hydroxylation is 1. The first-order valence-corrected chi connectivity index (χ1v) is 11.6. The second kappa shape index (κ2) is 9.78. The van der Waals surface area contributed by atoms with Gasteiger partial charge in [0.05, 0.1) is 23.8 Å². The Morgan fingerprint density at radius 2 is 1.97 bits per heavy atom. The Morgan fingerprint density at radius 1 is 1.23 bits per heavy atom. The van der Waals surface area contributed by atoms with Crippen LogP contribution in [-0.2, 0) is 17.5 Å². The van der Waals surface area contributed by atoms with Gasteiger partial charge in [-0.2, -0.15) is 18.4 Å². The van der Waals surface area contributed by atoms with Gasteiger partial charge in [0.1, 0.15) is 0 Å². The fraction of sp³-hybridized carbons (Fsp3) is 0.462. The van der Waals surface area contributed by atoms with Crippen molar-refractivity contribution in [3.05, 3.63) is 64.7 Å². The fourth-order valence-corrected chi connectivity index (χ4v) is 5.25. The number of nitriles is 1. The number of nitrogens with one attached hydrogen (secondary N) is 1. The molecule has 9 heteroatoms. The van der Waals surface area contributed by atoms with E-state index in [4.69, 9.17) is 10.00 Å². The van der Waals surface area contributed by atoms with Gasteiger partial charge in [0.2, 0.25) is 0 Å². The number of carbonyl (C=O) groups is 1. The number of nitrogens with zero attached hydrogens (tertiary/aromatic N) is 3. The molecule has 2 aromatic carbocycles. The van der Waals surface area contributed by atoms with Crippen LogP contribution in [0.1, 0.15) is 28.7 Å². The molecule has 35 heavy (non-hydrogen) atoms. The van der Waals surface area contributed by atoms with Crippen LogP contribution in [0.5, 0.6) is 0 Å². The van der Waals surface area contributed by atoms with Gasteiger partial charge in [-0.1, -0.05) is 29.8 Å². The molecule has 0 saturated carbocycles. The quantitative estimate of drug-likeness (QED) is 0.672. The van der Waals surface area contributed by atoms with E-state index in [1.807, 2.05) is 36.1 Å². The molecule has 0 unspecified atom stereocenters. The summed E-state index contributed by atoms with van der Waals surface area (Å²) in [5.41, 5.74) is 1.05. The van der Waals surface area contributed by atoms with Crippen molar-refractivity contribution in [2.24, 2.45) is 11.3 Å². The zero-order valence-corrected chi connectivity index (χ0v) is 19.9. The molecule has 0 radical (unpaired) electrons. The van der Waals surface area contributed by atoms with Crippen LogP contribution in [0.25, 0.3) is 0 Å². The fourth-order valence-electron chi connectivity index (χ4n) is 5.25. The topological polar surface area (TPSA) is 68.6 Å². The van der Waals surface area contributed by atoms with E-state index in [1.165, 1.54) is 6.07 Å². The molecule has 2 aliphatic heterocycles. The Bertz CT molecular complexity index is 1110. The first-order valence-electron chi connectivity index (χ1n) is 11.6. The minimum Gasteiger partial charge on any atom is -0.384 e. The summed E-state index contributed by atoms with van der Waals surface area (Å²) in [4.78, 5) is 16.7. The van der Waals surface area contributed by atoms with Gasteiger partial charge in [-0.05, 0) is 37.1 Å². The number of amides is 2. The Kier molecular flexibility index (Phi) is 6.95. The van der Waals surface area contributed by atoms with Crippen molar-refractivity contribution in [2.75, 3.05) is 44.8 Å². The van der Waals surface area contributed by atoms with Crippen molar-refractivity contribution in [3.63, 3.8) is 0 Å². The van der Waals surface area contributed by atoms with Crippen LogP contribution in [-0.4, -0.2) is 50.8 Å². The van der Waals surface area contributed by atoms with Crippen molar-refractivity contribution in [2.45, 2.75) is 26.1 Å². The molecule has 186 valence electrons. The van der Waals surface area contributed by atoms with Crippen LogP contribution in [0.3, 0.4) is 0 Å². The molecule has 1 N–H and O–H groups in total. The lowest BCUT2D eigenvalue weighted by atomic mass is 9.73. The van der Waals surface area contributed by atoms with E-state index in [1.54, 1.807) is 24.1 Å². The number of carbonyl (C=O) groups excluding carboxylic acids is 1. The number of benzene rings is 2. The molecule has 2 aromatic rings. The van der Waals surface area contributed by atoms with Crippen LogP contribution < -0.4 is 10.2 Å². The maximum Gasteiger partial charge on any atom is 0.417 e. The van der Waals surface area contributed by atoms with E-state index < -0.39 is 11.7 Å². The van der Waals surface area contributed by atoms with Gasteiger partial charge in [-0.25, -0.2) is 4.79 Å². The van der Waals surface area contributed by atoms with Gasteiger partial charge in [0.15, 0.2) is 0 Å². The molecule has 2 aliphatic rings. The van der Waals surface area contributed by atoms with Crippen LogP contribution >= 0.6 is 0 Å². The summed E-state index contributed by atoms with van der Waals surface area (Å²) in [6.45, 7) is 5.01. The van der Waals surface area contributed by atoms with Crippen molar-refractivity contribution >= 4 is 11.7 Å². The number of hydrogen-bond donors (Lipinski definition) is 1. The number of methoxy groups -OCH3 is 1. The average Bonchev–Trinajstić information content (AvgIpc) is 3.21. The predicted octanol–water partition coefficient (Wildman–Crippen LogP) is 4.57. The number of halogens is 3. The molecule has 2 amide bonds. The van der Waals surface area contributed by atoms with Crippen LogP contribution in [0, 0.1) is 29.6 Å². The summed E-state index contributed by atoms with van der Waals surface area (Å²) in [5, 5.41) is 12.1. The zero-order valence-electron chi connectivity index (χ0n) is 19.9. The molecule has 0 spiro atoms. The van der Waals surface area contributed by atoms with Crippen molar-refractivity contribution < 1.29 is 22.7 Å². The highest BCUT2D eigenvalue weighted by atomic mass is 19.4. The van der Waals surface area contributed by atoms with E-state index in [0.29, 0.717) is 51.4 Å². The van der Waals surface area contributed by atoms with E-state index in [-0.39, 0.29) is 22.9 Å². The lowest BCUT2D eigenvalue weighted by Gasteiger charge is -2.44. The van der Waals surface area contributed by atoms with Crippen LogP contribution in [0.2, 0.25) is 0 Å². The average molecular weight is 487 g/mol. The molecule has 0 aromatic heterocycles. The second-order valence-corrected chi connectivity index (χ2v) is 9.55. The summed E-state index contributed by atoms with van der Waals surface area (Å²) in [7, 11) is 1.63. The number of rotatable bonds is 5. The third kappa shape index (κ3) is 5.22. The summed E-state index contributed by atoms with van der Waals surface area (Å²) < 4.78 is 46.0. The van der Waals surface area contributed by atoms with Gasteiger partial charge >= 0.3 is 12.2 Å². The Hall–Kier alpha value is -3.25. The molecule has 4 rings (SSSR count).